The molecule has 2 aliphatic rings. The average Bonchev–Trinajstić information content (AvgIpc) is 3.31. The van der Waals surface area contributed by atoms with E-state index in [1.165, 1.54) is 37.7 Å². The average molecular weight is 427 g/mol. The molecule has 6 heteroatoms. The topological polar surface area (TPSA) is 63.3 Å². The van der Waals surface area contributed by atoms with Gasteiger partial charge >= 0.3 is 0 Å². The minimum atomic E-state index is 0.0173. The molecule has 31 heavy (non-hydrogen) atoms. The van der Waals surface area contributed by atoms with Crippen LogP contribution in [-0.4, -0.2) is 69.1 Å². The van der Waals surface area contributed by atoms with Crippen LogP contribution in [0.15, 0.2) is 53.9 Å². The van der Waals surface area contributed by atoms with Gasteiger partial charge in [-0.2, -0.15) is 0 Å². The lowest BCUT2D eigenvalue weighted by atomic mass is 9.73. The fourth-order valence-electron chi connectivity index (χ4n) is 4.51. The minimum Gasteiger partial charge on any atom is -0.494 e. The van der Waals surface area contributed by atoms with Gasteiger partial charge < -0.3 is 25.0 Å². The molecule has 2 aliphatic heterocycles. The highest BCUT2D eigenvalue weighted by Gasteiger charge is 2.36. The van der Waals surface area contributed by atoms with Gasteiger partial charge in [0.15, 0.2) is 0 Å². The van der Waals surface area contributed by atoms with Crippen LogP contribution in [0.5, 0.6) is 5.75 Å². The molecule has 0 amide bonds. The summed E-state index contributed by atoms with van der Waals surface area (Å²) >= 11 is 0. The van der Waals surface area contributed by atoms with Gasteiger partial charge in [-0.1, -0.05) is 18.7 Å². The van der Waals surface area contributed by atoms with Gasteiger partial charge in [0.25, 0.3) is 0 Å². The third kappa shape index (κ3) is 6.84. The molecule has 2 N–H and O–H groups in total. The Bertz CT molecular complexity index is 732. The molecule has 0 bridgehead atoms. The Balaban J connectivity index is 1.58. The maximum Gasteiger partial charge on any atom is 0.120 e. The van der Waals surface area contributed by atoms with E-state index in [4.69, 9.17) is 15.2 Å². The number of allylic oxidation sites excluding steroid dienone is 1. The Kier molecular flexibility index (Phi) is 8.98. The molecule has 2 heterocycles. The van der Waals surface area contributed by atoms with Crippen molar-refractivity contribution in [3.8, 4) is 5.75 Å². The summed E-state index contributed by atoms with van der Waals surface area (Å²) in [5, 5.41) is 0. The second-order valence-corrected chi connectivity index (χ2v) is 8.60. The van der Waals surface area contributed by atoms with Crippen LogP contribution in [0.2, 0.25) is 0 Å². The van der Waals surface area contributed by atoms with E-state index < -0.39 is 0 Å². The monoisotopic (exact) mass is 426 g/mol. The Morgan fingerprint density at radius 2 is 1.97 bits per heavy atom. The van der Waals surface area contributed by atoms with Crippen molar-refractivity contribution in [1.29, 1.82) is 0 Å². The summed E-state index contributed by atoms with van der Waals surface area (Å²) in [7, 11) is 2.04. The number of likely N-dealkylation sites (N-methyl/N-ethyl adjacent to an activating group) is 1. The van der Waals surface area contributed by atoms with Crippen molar-refractivity contribution in [1.82, 2.24) is 9.80 Å². The molecule has 1 aromatic carbocycles. The quantitative estimate of drug-likeness (QED) is 0.433. The van der Waals surface area contributed by atoms with Crippen molar-refractivity contribution in [2.45, 2.75) is 37.5 Å². The van der Waals surface area contributed by atoms with Crippen LogP contribution in [0, 0.1) is 0 Å². The van der Waals surface area contributed by atoms with Gasteiger partial charge in [-0.15, -0.1) is 0 Å². The van der Waals surface area contributed by atoms with Crippen LogP contribution in [-0.2, 0) is 10.2 Å². The molecule has 3 rings (SSSR count). The molecule has 0 aliphatic carbocycles. The molecule has 0 saturated carbocycles. The Morgan fingerprint density at radius 3 is 2.65 bits per heavy atom. The molecule has 170 valence electrons. The number of nitrogens with zero attached hydrogens (tertiary/aromatic N) is 3. The van der Waals surface area contributed by atoms with Crippen LogP contribution >= 0.6 is 0 Å². The maximum absolute atomic E-state index is 6.00. The van der Waals surface area contributed by atoms with Crippen molar-refractivity contribution in [2.75, 3.05) is 53.0 Å². The second-order valence-electron chi connectivity index (χ2n) is 8.60. The number of hydrogen-bond donors (Lipinski definition) is 1. The molecule has 6 nitrogen and oxygen atoms in total. The van der Waals surface area contributed by atoms with E-state index >= 15 is 0 Å². The highest BCUT2D eigenvalue weighted by Crippen LogP contribution is 2.37. The summed E-state index contributed by atoms with van der Waals surface area (Å²) < 4.78 is 11.7. The molecular weight excluding hydrogens is 388 g/mol. The Labute approximate surface area is 187 Å². The zero-order valence-electron chi connectivity index (χ0n) is 19.0. The third-order valence-corrected chi connectivity index (χ3v) is 6.40. The van der Waals surface area contributed by atoms with Crippen molar-refractivity contribution in [3.05, 3.63) is 54.5 Å². The molecule has 0 aromatic heterocycles. The normalized spacial score (nSPS) is 19.3. The summed E-state index contributed by atoms with van der Waals surface area (Å²) in [5.41, 5.74) is 6.72. The van der Waals surface area contributed by atoms with Gasteiger partial charge in [0.05, 0.1) is 6.61 Å². The molecule has 1 aromatic rings. The zero-order valence-corrected chi connectivity index (χ0v) is 19.0. The Hall–Kier alpha value is -2.31. The van der Waals surface area contributed by atoms with Gasteiger partial charge in [-0.3, -0.25) is 0 Å². The number of rotatable bonds is 11. The maximum atomic E-state index is 6.00. The smallest absolute Gasteiger partial charge is 0.120 e. The van der Waals surface area contributed by atoms with Gasteiger partial charge in [-0.05, 0) is 75.2 Å². The number of benzene rings is 1. The lowest BCUT2D eigenvalue weighted by Crippen LogP contribution is -2.43. The standard InChI is InChI=1S/C25H38N4O2/c1-22(27-14-5-13-26)28(2)21-25(11-19-30-20-12-25)23-7-9-24(10-8-23)31-18-6-17-29-15-3-4-16-29/h5,7-10,13-14H,1,3-4,6,11-12,15-21,26H2,2H3/b13-5-,27-14?. The van der Waals surface area contributed by atoms with Crippen LogP contribution in [0.25, 0.3) is 0 Å². The lowest BCUT2D eigenvalue weighted by Gasteiger charge is -2.41. The van der Waals surface area contributed by atoms with Gasteiger partial charge in [0.2, 0.25) is 0 Å². The van der Waals surface area contributed by atoms with Crippen LogP contribution in [0.4, 0.5) is 0 Å². The van der Waals surface area contributed by atoms with Gasteiger partial charge in [-0.25, -0.2) is 4.99 Å². The van der Waals surface area contributed by atoms with Crippen LogP contribution in [0.1, 0.15) is 37.7 Å². The highest BCUT2D eigenvalue weighted by atomic mass is 16.5. The third-order valence-electron chi connectivity index (χ3n) is 6.40. The van der Waals surface area contributed by atoms with E-state index in [-0.39, 0.29) is 5.41 Å². The molecule has 2 saturated heterocycles. The van der Waals surface area contributed by atoms with E-state index in [9.17, 15) is 0 Å². The van der Waals surface area contributed by atoms with Gasteiger partial charge in [0.1, 0.15) is 11.6 Å². The summed E-state index contributed by atoms with van der Waals surface area (Å²) in [5.74, 6) is 1.67. The van der Waals surface area contributed by atoms with E-state index in [2.05, 4.69) is 45.6 Å². The fraction of sp³-hybridized carbons (Fsp3) is 0.560. The predicted octanol–water partition coefficient (Wildman–Crippen LogP) is 3.55. The molecule has 0 radical (unpaired) electrons. The van der Waals surface area contributed by atoms with Crippen molar-refractivity contribution in [2.24, 2.45) is 10.7 Å². The molecular formula is C25H38N4O2. The number of aliphatic imine (C=N–C) groups is 1. The van der Waals surface area contributed by atoms with E-state index in [0.717, 1.165) is 63.7 Å². The highest BCUT2D eigenvalue weighted by molar-refractivity contribution is 5.71. The van der Waals surface area contributed by atoms with E-state index in [1.54, 1.807) is 12.3 Å². The summed E-state index contributed by atoms with van der Waals surface area (Å²) in [6.45, 7) is 10.9. The number of ether oxygens (including phenoxy) is 2. The first-order chi connectivity index (χ1) is 15.1. The summed E-state index contributed by atoms with van der Waals surface area (Å²) in [6.07, 6.45) is 10.6. The van der Waals surface area contributed by atoms with Crippen molar-refractivity contribution >= 4 is 6.21 Å². The fourth-order valence-corrected chi connectivity index (χ4v) is 4.51. The van der Waals surface area contributed by atoms with E-state index in [0.29, 0.717) is 0 Å². The van der Waals surface area contributed by atoms with Crippen molar-refractivity contribution in [3.63, 3.8) is 0 Å². The van der Waals surface area contributed by atoms with Crippen LogP contribution < -0.4 is 10.5 Å². The zero-order chi connectivity index (χ0) is 21.9. The van der Waals surface area contributed by atoms with Gasteiger partial charge in [0, 0.05) is 45.0 Å². The number of likely N-dealkylation sites (tertiary alicyclic amines) is 1. The SMILES string of the molecule is C=C(N=C/C=C\N)N(C)CC1(c2ccc(OCCCN3CCCC3)cc2)CCOCC1. The number of hydrogen-bond acceptors (Lipinski definition) is 6. The lowest BCUT2D eigenvalue weighted by molar-refractivity contribution is 0.0408. The largest absolute Gasteiger partial charge is 0.494 e. The predicted molar refractivity (Wildman–Crippen MR) is 128 cm³/mol. The first-order valence-corrected chi connectivity index (χ1v) is 11.5. The second kappa shape index (κ2) is 11.9. The summed E-state index contributed by atoms with van der Waals surface area (Å²) in [6, 6.07) is 8.67. The summed E-state index contributed by atoms with van der Waals surface area (Å²) in [4.78, 5) is 9.02. The van der Waals surface area contributed by atoms with Crippen LogP contribution in [0.3, 0.4) is 0 Å². The van der Waals surface area contributed by atoms with Crippen molar-refractivity contribution < 1.29 is 9.47 Å². The molecule has 0 spiro atoms. The molecule has 2 fully saturated rings. The number of nitrogens with two attached hydrogens (primary N) is 1. The van der Waals surface area contributed by atoms with E-state index in [1.807, 2.05) is 7.05 Å². The minimum absolute atomic E-state index is 0.0173. The molecule has 0 unspecified atom stereocenters. The first-order valence-electron chi connectivity index (χ1n) is 11.5. The Morgan fingerprint density at radius 1 is 1.26 bits per heavy atom. The first kappa shape index (κ1) is 23.4. The molecule has 0 atom stereocenters.